The number of hydrogen-bond acceptors (Lipinski definition) is 4. The number of rotatable bonds is 4. The van der Waals surface area contributed by atoms with E-state index in [-0.39, 0.29) is 12.5 Å². The molecule has 14 heavy (non-hydrogen) atoms. The van der Waals surface area contributed by atoms with Gasteiger partial charge in [-0.3, -0.25) is 14.6 Å². The minimum Gasteiger partial charge on any atom is -0.482 e. The average molecular weight is 196 g/mol. The van der Waals surface area contributed by atoms with Crippen LogP contribution in [0.5, 0.6) is 5.75 Å². The first-order valence-corrected chi connectivity index (χ1v) is 4.07. The van der Waals surface area contributed by atoms with Crippen LogP contribution in [-0.4, -0.2) is 36.7 Å². The molecule has 0 aromatic carbocycles. The van der Waals surface area contributed by atoms with Crippen LogP contribution in [0.3, 0.4) is 0 Å². The summed E-state index contributed by atoms with van der Waals surface area (Å²) < 4.78 is 5.16. The van der Waals surface area contributed by atoms with Crippen LogP contribution in [0.2, 0.25) is 0 Å². The Morgan fingerprint density at radius 2 is 2.43 bits per heavy atom. The van der Waals surface area contributed by atoms with Crippen molar-refractivity contribution >= 4 is 5.91 Å². The van der Waals surface area contributed by atoms with Crippen LogP contribution in [0.1, 0.15) is 0 Å². The number of hydroxylamine groups is 2. The van der Waals surface area contributed by atoms with Gasteiger partial charge in [-0.05, 0) is 12.1 Å². The molecule has 0 saturated heterocycles. The van der Waals surface area contributed by atoms with E-state index in [1.54, 1.807) is 24.5 Å². The molecule has 76 valence electrons. The Bertz CT molecular complexity index is 289. The van der Waals surface area contributed by atoms with Crippen molar-refractivity contribution in [1.82, 2.24) is 10.0 Å². The minimum atomic E-state index is -0.253. The maximum Gasteiger partial charge on any atom is 0.283 e. The van der Waals surface area contributed by atoms with Crippen LogP contribution in [0.15, 0.2) is 24.5 Å². The molecule has 0 spiro atoms. The normalized spacial score (nSPS) is 9.57. The van der Waals surface area contributed by atoms with Crippen molar-refractivity contribution in [2.24, 2.45) is 0 Å². The quantitative estimate of drug-likeness (QED) is 0.657. The number of carbonyl (C=O) groups excluding carboxylic acids is 1. The predicted molar refractivity (Wildman–Crippen MR) is 49.5 cm³/mol. The summed E-state index contributed by atoms with van der Waals surface area (Å²) in [4.78, 5) is 19.7. The second-order valence-electron chi connectivity index (χ2n) is 2.55. The molecule has 1 aromatic heterocycles. The smallest absolute Gasteiger partial charge is 0.283 e. The van der Waals surface area contributed by atoms with Crippen molar-refractivity contribution in [3.05, 3.63) is 24.5 Å². The molecule has 0 bridgehead atoms. The van der Waals surface area contributed by atoms with Crippen molar-refractivity contribution in [3.8, 4) is 5.75 Å². The lowest BCUT2D eigenvalue weighted by Crippen LogP contribution is -2.30. The summed E-state index contributed by atoms with van der Waals surface area (Å²) in [5.74, 6) is 0.307. The number of pyridine rings is 1. The van der Waals surface area contributed by atoms with Crippen LogP contribution in [-0.2, 0) is 9.63 Å². The van der Waals surface area contributed by atoms with Crippen LogP contribution in [0, 0.1) is 0 Å². The van der Waals surface area contributed by atoms with Gasteiger partial charge in [0, 0.05) is 13.2 Å². The molecule has 0 aliphatic heterocycles. The van der Waals surface area contributed by atoms with Crippen LogP contribution in [0.25, 0.3) is 0 Å². The zero-order valence-corrected chi connectivity index (χ0v) is 8.14. The molecule has 5 nitrogen and oxygen atoms in total. The van der Waals surface area contributed by atoms with Gasteiger partial charge in [0.2, 0.25) is 0 Å². The van der Waals surface area contributed by atoms with Crippen LogP contribution < -0.4 is 4.74 Å². The summed E-state index contributed by atoms with van der Waals surface area (Å²) in [7, 11) is 2.94. The first-order chi connectivity index (χ1) is 6.74. The molecule has 5 heteroatoms. The second kappa shape index (κ2) is 5.18. The molecule has 0 unspecified atom stereocenters. The van der Waals surface area contributed by atoms with E-state index < -0.39 is 0 Å². The lowest BCUT2D eigenvalue weighted by Gasteiger charge is -2.13. The zero-order chi connectivity index (χ0) is 10.4. The predicted octanol–water partition coefficient (Wildman–Crippen LogP) is 0.480. The van der Waals surface area contributed by atoms with Gasteiger partial charge in [0.1, 0.15) is 5.75 Å². The molecule has 0 atom stereocenters. The molecule has 1 heterocycles. The summed E-state index contributed by atoms with van der Waals surface area (Å²) in [6.45, 7) is -0.0595. The zero-order valence-electron chi connectivity index (χ0n) is 8.14. The van der Waals surface area contributed by atoms with Gasteiger partial charge < -0.3 is 4.74 Å². The number of hydrogen-bond donors (Lipinski definition) is 0. The number of amides is 1. The van der Waals surface area contributed by atoms with Crippen molar-refractivity contribution < 1.29 is 14.4 Å². The Morgan fingerprint density at radius 1 is 1.64 bits per heavy atom. The molecular weight excluding hydrogens is 184 g/mol. The Balaban J connectivity index is 2.38. The number of nitrogens with zero attached hydrogens (tertiary/aromatic N) is 2. The highest BCUT2D eigenvalue weighted by atomic mass is 16.7. The van der Waals surface area contributed by atoms with E-state index in [4.69, 9.17) is 4.74 Å². The van der Waals surface area contributed by atoms with E-state index in [1.165, 1.54) is 14.2 Å². The molecule has 1 rings (SSSR count). The minimum absolute atomic E-state index is 0.0595. The molecule has 0 saturated carbocycles. The number of aromatic nitrogens is 1. The number of likely N-dealkylation sites (N-methyl/N-ethyl adjacent to an activating group) is 1. The molecular formula is C9H12N2O3. The van der Waals surface area contributed by atoms with Gasteiger partial charge in [0.15, 0.2) is 6.61 Å². The molecule has 0 aliphatic carbocycles. The van der Waals surface area contributed by atoms with Gasteiger partial charge in [0.25, 0.3) is 5.91 Å². The van der Waals surface area contributed by atoms with E-state index in [2.05, 4.69) is 9.82 Å². The van der Waals surface area contributed by atoms with E-state index in [0.717, 1.165) is 5.06 Å². The Hall–Kier alpha value is -1.62. The van der Waals surface area contributed by atoms with Gasteiger partial charge in [-0.1, -0.05) is 0 Å². The summed E-state index contributed by atoms with van der Waals surface area (Å²) in [5.41, 5.74) is 0. The van der Waals surface area contributed by atoms with Gasteiger partial charge in [0.05, 0.1) is 13.3 Å². The molecule has 0 radical (unpaired) electrons. The molecule has 1 aromatic rings. The third kappa shape index (κ3) is 3.02. The fourth-order valence-corrected chi connectivity index (χ4v) is 0.770. The molecule has 0 aliphatic rings. The van der Waals surface area contributed by atoms with Crippen molar-refractivity contribution in [2.75, 3.05) is 20.8 Å². The maximum atomic E-state index is 11.2. The SMILES string of the molecule is CON(C)C(=O)COc1cccnc1. The highest BCUT2D eigenvalue weighted by Gasteiger charge is 2.07. The van der Waals surface area contributed by atoms with Gasteiger partial charge >= 0.3 is 0 Å². The standard InChI is InChI=1S/C9H12N2O3/c1-11(13-2)9(12)7-14-8-4-3-5-10-6-8/h3-6H,7H2,1-2H3. The summed E-state index contributed by atoms with van der Waals surface area (Å²) >= 11 is 0. The molecule has 0 fully saturated rings. The van der Waals surface area contributed by atoms with Crippen molar-refractivity contribution in [1.29, 1.82) is 0 Å². The van der Waals surface area contributed by atoms with Crippen LogP contribution in [0.4, 0.5) is 0 Å². The summed E-state index contributed by atoms with van der Waals surface area (Å²) in [6, 6.07) is 3.47. The number of ether oxygens (including phenoxy) is 1. The van der Waals surface area contributed by atoms with Gasteiger partial charge in [-0.25, -0.2) is 5.06 Å². The Morgan fingerprint density at radius 3 is 3.00 bits per heavy atom. The van der Waals surface area contributed by atoms with Crippen molar-refractivity contribution in [2.45, 2.75) is 0 Å². The molecule has 0 N–H and O–H groups in total. The number of carbonyl (C=O) groups is 1. The van der Waals surface area contributed by atoms with E-state index >= 15 is 0 Å². The topological polar surface area (TPSA) is 51.7 Å². The monoisotopic (exact) mass is 196 g/mol. The second-order valence-corrected chi connectivity index (χ2v) is 2.55. The van der Waals surface area contributed by atoms with E-state index in [9.17, 15) is 4.79 Å². The lowest BCUT2D eigenvalue weighted by atomic mass is 10.5. The third-order valence-corrected chi connectivity index (χ3v) is 1.62. The summed E-state index contributed by atoms with van der Waals surface area (Å²) in [5, 5.41) is 1.11. The highest BCUT2D eigenvalue weighted by molar-refractivity contribution is 5.76. The maximum absolute atomic E-state index is 11.2. The fourth-order valence-electron chi connectivity index (χ4n) is 0.770. The summed E-state index contributed by atoms with van der Waals surface area (Å²) in [6.07, 6.45) is 3.18. The molecule has 1 amide bonds. The lowest BCUT2D eigenvalue weighted by molar-refractivity contribution is -0.170. The Labute approximate surface area is 82.2 Å². The van der Waals surface area contributed by atoms with Gasteiger partial charge in [-0.15, -0.1) is 0 Å². The fraction of sp³-hybridized carbons (Fsp3) is 0.333. The first-order valence-electron chi connectivity index (χ1n) is 4.07. The third-order valence-electron chi connectivity index (χ3n) is 1.62. The van der Waals surface area contributed by atoms with E-state index in [1.807, 2.05) is 0 Å². The van der Waals surface area contributed by atoms with Crippen molar-refractivity contribution in [3.63, 3.8) is 0 Å². The largest absolute Gasteiger partial charge is 0.482 e. The first kappa shape index (κ1) is 10.5. The highest BCUT2D eigenvalue weighted by Crippen LogP contribution is 2.05. The average Bonchev–Trinajstić information content (AvgIpc) is 2.26. The van der Waals surface area contributed by atoms with Gasteiger partial charge in [-0.2, -0.15) is 0 Å². The Kier molecular flexibility index (Phi) is 3.87. The van der Waals surface area contributed by atoms with Crippen LogP contribution >= 0.6 is 0 Å². The van der Waals surface area contributed by atoms with E-state index in [0.29, 0.717) is 5.75 Å².